The molecule has 2 N–H and O–H groups in total. The third-order valence-electron chi connectivity index (χ3n) is 6.24. The third kappa shape index (κ3) is 8.95. The van der Waals surface area contributed by atoms with Gasteiger partial charge in [-0.15, -0.1) is 11.3 Å². The second-order valence-electron chi connectivity index (χ2n) is 9.46. The average Bonchev–Trinajstić information content (AvgIpc) is 3.65. The predicted octanol–water partition coefficient (Wildman–Crippen LogP) is 3.70. The highest BCUT2D eigenvalue weighted by atomic mass is 32.2. The molecule has 0 aliphatic carbocycles. The quantitative estimate of drug-likeness (QED) is 0.223. The van der Waals surface area contributed by atoms with Crippen molar-refractivity contribution in [3.05, 3.63) is 100 Å². The number of thiazole rings is 1. The van der Waals surface area contributed by atoms with E-state index in [1.807, 2.05) is 9.95 Å². The van der Waals surface area contributed by atoms with Crippen LogP contribution in [0.3, 0.4) is 0 Å². The fourth-order valence-electron chi connectivity index (χ4n) is 4.12. The van der Waals surface area contributed by atoms with Crippen molar-refractivity contribution >= 4 is 33.1 Å². The Morgan fingerprint density at radius 1 is 1.15 bits per heavy atom. The lowest BCUT2D eigenvalue weighted by molar-refractivity contribution is -0.139. The molecule has 4 rings (SSSR count). The number of amides is 1. The third-order valence-corrected chi connectivity index (χ3v) is 8.09. The number of carboxylic acid groups (broad SMARTS) is 1. The van der Waals surface area contributed by atoms with Crippen LogP contribution in [0.25, 0.3) is 0 Å². The summed E-state index contributed by atoms with van der Waals surface area (Å²) in [6, 6.07) is 9.63. The van der Waals surface area contributed by atoms with Crippen molar-refractivity contribution in [3.8, 4) is 5.75 Å². The molecule has 2 atom stereocenters. The summed E-state index contributed by atoms with van der Waals surface area (Å²) in [5.41, 5.74) is 1.67. The first-order valence-electron chi connectivity index (χ1n) is 12.7. The Bertz CT molecular complexity index is 1560. The van der Waals surface area contributed by atoms with Gasteiger partial charge in [0, 0.05) is 35.8 Å². The van der Waals surface area contributed by atoms with Crippen molar-refractivity contribution in [3.63, 3.8) is 0 Å². The van der Waals surface area contributed by atoms with E-state index in [0.717, 1.165) is 16.8 Å². The summed E-state index contributed by atoms with van der Waals surface area (Å²) in [6.07, 6.45) is 7.91. The Kier molecular flexibility index (Phi) is 9.84. The molecule has 0 spiro atoms. The van der Waals surface area contributed by atoms with Crippen LogP contribution in [0, 0.1) is 5.82 Å². The van der Waals surface area contributed by atoms with E-state index in [4.69, 9.17) is 4.74 Å². The van der Waals surface area contributed by atoms with Crippen molar-refractivity contribution in [2.75, 3.05) is 12.0 Å². The molecule has 2 aromatic heterocycles. The minimum absolute atomic E-state index is 0.190. The number of rotatable bonds is 14. The van der Waals surface area contributed by atoms with Crippen LogP contribution in [-0.2, 0) is 34.0 Å². The molecule has 1 amide bonds. The molecule has 13 heteroatoms. The fourth-order valence-corrected chi connectivity index (χ4v) is 5.44. The van der Waals surface area contributed by atoms with Crippen LogP contribution >= 0.6 is 11.3 Å². The summed E-state index contributed by atoms with van der Waals surface area (Å²) in [7, 11) is -3.44. The van der Waals surface area contributed by atoms with Crippen LogP contribution in [0.2, 0.25) is 0 Å². The van der Waals surface area contributed by atoms with Crippen LogP contribution < -0.4 is 10.1 Å². The van der Waals surface area contributed by atoms with Gasteiger partial charge in [-0.05, 0) is 54.7 Å². The lowest BCUT2D eigenvalue weighted by Crippen LogP contribution is -2.42. The van der Waals surface area contributed by atoms with Gasteiger partial charge >= 0.3 is 5.97 Å². The van der Waals surface area contributed by atoms with Crippen molar-refractivity contribution in [1.29, 1.82) is 0 Å². The van der Waals surface area contributed by atoms with Crippen LogP contribution in [0.5, 0.6) is 5.75 Å². The smallest absolute Gasteiger partial charge is 0.326 e. The van der Waals surface area contributed by atoms with E-state index >= 15 is 0 Å². The number of ether oxygens (including phenoxy) is 1. The zero-order chi connectivity index (χ0) is 29.4. The van der Waals surface area contributed by atoms with Crippen molar-refractivity contribution in [2.24, 2.45) is 0 Å². The number of benzene rings is 2. The van der Waals surface area contributed by atoms with Gasteiger partial charge in [0.2, 0.25) is 0 Å². The minimum Gasteiger partial charge on any atom is -0.481 e. The number of nitrogens with one attached hydrogen (secondary N) is 1. The molecular formula is C28H29FN4O6S2. The number of nitrogens with zero attached hydrogens (tertiary/aromatic N) is 3. The maximum Gasteiger partial charge on any atom is 0.326 e. The molecule has 2 aromatic carbocycles. The van der Waals surface area contributed by atoms with Gasteiger partial charge in [-0.3, -0.25) is 4.79 Å². The van der Waals surface area contributed by atoms with Gasteiger partial charge in [0.25, 0.3) is 5.91 Å². The van der Waals surface area contributed by atoms with E-state index in [2.05, 4.69) is 15.3 Å². The van der Waals surface area contributed by atoms with Gasteiger partial charge in [0.15, 0.2) is 6.10 Å². The number of imidazole rings is 1. The highest BCUT2D eigenvalue weighted by Gasteiger charge is 2.25. The van der Waals surface area contributed by atoms with Crippen LogP contribution in [0.15, 0.2) is 72.8 Å². The Balaban J connectivity index is 1.61. The summed E-state index contributed by atoms with van der Waals surface area (Å²) in [5.74, 6) is -2.40. The molecule has 4 aromatic rings. The van der Waals surface area contributed by atoms with E-state index in [-0.39, 0.29) is 17.8 Å². The standard InChI is InChI=1S/C28H29FN4O6S2/c1-41(37,38)15-10-24(28(35)36)32-26(34)23-16-22(9-6-20(23)5-2-19-3-7-21(29)8-4-19)39-25(27-31-12-14-40-27)17-33-13-11-30-18-33/h3-4,6-9,11-14,16,18,24-25H,2,5,10,15,17H2,1H3,(H,32,34)(H,35,36)/t24-,25?/m0/s1. The summed E-state index contributed by atoms with van der Waals surface area (Å²) in [5, 5.41) is 14.7. The first-order valence-corrected chi connectivity index (χ1v) is 15.6. The van der Waals surface area contributed by atoms with Crippen LogP contribution in [0.1, 0.15) is 39.0 Å². The molecule has 41 heavy (non-hydrogen) atoms. The van der Waals surface area contributed by atoms with Crippen molar-refractivity contribution in [2.45, 2.75) is 38.0 Å². The molecule has 0 aliphatic heterocycles. The summed E-state index contributed by atoms with van der Waals surface area (Å²) in [6.45, 7) is 0.411. The predicted molar refractivity (Wildman–Crippen MR) is 151 cm³/mol. The number of halogens is 1. The van der Waals surface area contributed by atoms with Gasteiger partial charge in [-0.2, -0.15) is 0 Å². The zero-order valence-corrected chi connectivity index (χ0v) is 23.8. The lowest BCUT2D eigenvalue weighted by atomic mass is 9.98. The lowest BCUT2D eigenvalue weighted by Gasteiger charge is -2.20. The SMILES string of the molecule is CS(=O)(=O)CC[C@H](NC(=O)c1cc(OC(Cn2ccnc2)c2nccs2)ccc1CCc1ccc(F)cc1)C(=O)O. The molecule has 0 radical (unpaired) electrons. The van der Waals surface area contributed by atoms with Gasteiger partial charge in [-0.1, -0.05) is 18.2 Å². The molecule has 2 heterocycles. The highest BCUT2D eigenvalue weighted by molar-refractivity contribution is 7.90. The molecular weight excluding hydrogens is 571 g/mol. The first kappa shape index (κ1) is 29.9. The second-order valence-corrected chi connectivity index (χ2v) is 12.7. The largest absolute Gasteiger partial charge is 0.481 e. The van der Waals surface area contributed by atoms with Gasteiger partial charge in [-0.25, -0.2) is 27.6 Å². The number of hydrogen-bond acceptors (Lipinski definition) is 8. The average molecular weight is 601 g/mol. The Labute approximate surface area is 240 Å². The zero-order valence-electron chi connectivity index (χ0n) is 22.1. The summed E-state index contributed by atoms with van der Waals surface area (Å²) in [4.78, 5) is 33.7. The van der Waals surface area contributed by atoms with Gasteiger partial charge < -0.3 is 19.7 Å². The van der Waals surface area contributed by atoms with E-state index < -0.39 is 39.6 Å². The maximum atomic E-state index is 13.4. The summed E-state index contributed by atoms with van der Waals surface area (Å²) < 4.78 is 44.7. The Morgan fingerprint density at radius 2 is 1.93 bits per heavy atom. The van der Waals surface area contributed by atoms with Crippen molar-refractivity contribution < 1.29 is 32.2 Å². The highest BCUT2D eigenvalue weighted by Crippen LogP contribution is 2.28. The Hall–Kier alpha value is -4.10. The molecule has 0 saturated heterocycles. The molecule has 0 fully saturated rings. The summed E-state index contributed by atoms with van der Waals surface area (Å²) >= 11 is 1.42. The van der Waals surface area contributed by atoms with E-state index in [0.29, 0.717) is 30.7 Å². The molecule has 216 valence electrons. The topological polar surface area (TPSA) is 140 Å². The van der Waals surface area contributed by atoms with Crippen LogP contribution in [-0.4, -0.2) is 58.0 Å². The molecule has 1 unspecified atom stereocenters. The monoisotopic (exact) mass is 600 g/mol. The molecule has 0 saturated carbocycles. The van der Waals surface area contributed by atoms with E-state index in [1.54, 1.807) is 55.2 Å². The molecule has 0 aliphatic rings. The number of carboxylic acids is 1. The number of aliphatic carboxylic acids is 1. The number of aryl methyl sites for hydroxylation is 2. The maximum absolute atomic E-state index is 13.4. The number of sulfone groups is 1. The second kappa shape index (κ2) is 13.5. The number of carbonyl (C=O) groups excluding carboxylic acids is 1. The number of aromatic nitrogens is 3. The number of hydrogen-bond donors (Lipinski definition) is 2. The molecule has 0 bridgehead atoms. The van der Waals surface area contributed by atoms with E-state index in [1.165, 1.54) is 23.5 Å². The van der Waals surface area contributed by atoms with Crippen LogP contribution in [0.4, 0.5) is 4.39 Å². The van der Waals surface area contributed by atoms with Crippen molar-refractivity contribution in [1.82, 2.24) is 19.9 Å². The molecule has 10 nitrogen and oxygen atoms in total. The van der Waals surface area contributed by atoms with Gasteiger partial charge in [0.1, 0.15) is 32.5 Å². The van der Waals surface area contributed by atoms with Gasteiger partial charge in [0.05, 0.1) is 18.6 Å². The number of carbonyl (C=O) groups is 2. The fraction of sp³-hybridized carbons (Fsp3) is 0.286. The Morgan fingerprint density at radius 3 is 2.56 bits per heavy atom. The normalized spacial score (nSPS) is 12.9. The van der Waals surface area contributed by atoms with E-state index in [9.17, 15) is 27.5 Å². The first-order chi connectivity index (χ1) is 19.6. The minimum atomic E-state index is -3.44.